The van der Waals surface area contributed by atoms with Gasteiger partial charge in [0, 0.05) is 25.1 Å². The Bertz CT molecular complexity index is 1160. The van der Waals surface area contributed by atoms with Crippen LogP contribution < -0.4 is 14.8 Å². The molecule has 0 bridgehead atoms. The highest BCUT2D eigenvalue weighted by Gasteiger charge is 2.17. The number of hydrogen-bond donors (Lipinski definition) is 2. The third kappa shape index (κ3) is 6.67. The summed E-state index contributed by atoms with van der Waals surface area (Å²) in [6.45, 7) is 4.35. The first-order valence-corrected chi connectivity index (χ1v) is 11.9. The summed E-state index contributed by atoms with van der Waals surface area (Å²) in [5.74, 6) is 0.457. The Morgan fingerprint density at radius 1 is 0.938 bits per heavy atom. The van der Waals surface area contributed by atoms with Gasteiger partial charge in [0.25, 0.3) is 0 Å². The Hall–Kier alpha value is -3.16. The maximum Gasteiger partial charge on any atom is 0.240 e. The predicted molar refractivity (Wildman–Crippen MR) is 125 cm³/mol. The number of rotatable bonds is 10. The van der Waals surface area contributed by atoms with Crippen LogP contribution in [0, 0.1) is 13.8 Å². The standard InChI is InChI=1S/C25H28N2O4S/c1-19-12-13-20(2)24(16-19)32(29,30)27-15-14-25(28)26-17-22-10-6-7-11-23(22)31-18-21-8-4-3-5-9-21/h3-13,16,27H,14-15,17-18H2,1-2H3,(H,26,28). The van der Waals surface area contributed by atoms with Gasteiger partial charge in [-0.05, 0) is 42.7 Å². The minimum atomic E-state index is -3.67. The van der Waals surface area contributed by atoms with Crippen LogP contribution in [-0.2, 0) is 28.0 Å². The summed E-state index contributed by atoms with van der Waals surface area (Å²) in [5, 5.41) is 2.83. The van der Waals surface area contributed by atoms with Gasteiger partial charge in [0.2, 0.25) is 15.9 Å². The Morgan fingerprint density at radius 2 is 1.66 bits per heavy atom. The Balaban J connectivity index is 1.49. The van der Waals surface area contributed by atoms with Crippen LogP contribution in [0.4, 0.5) is 0 Å². The molecule has 0 aliphatic heterocycles. The van der Waals surface area contributed by atoms with E-state index in [1.54, 1.807) is 19.1 Å². The van der Waals surface area contributed by atoms with Crippen LogP contribution in [0.3, 0.4) is 0 Å². The van der Waals surface area contributed by atoms with Crippen molar-refractivity contribution in [3.63, 3.8) is 0 Å². The van der Waals surface area contributed by atoms with Crippen LogP contribution in [0.1, 0.15) is 28.7 Å². The SMILES string of the molecule is Cc1ccc(C)c(S(=O)(=O)NCCC(=O)NCc2ccccc2OCc2ccccc2)c1. The Kier molecular flexibility index (Phi) is 8.03. The zero-order valence-corrected chi connectivity index (χ0v) is 19.1. The van der Waals surface area contributed by atoms with Crippen molar-refractivity contribution in [1.82, 2.24) is 10.0 Å². The molecule has 168 valence electrons. The fraction of sp³-hybridized carbons (Fsp3) is 0.240. The first-order valence-electron chi connectivity index (χ1n) is 10.4. The Labute approximate surface area is 189 Å². The van der Waals surface area contributed by atoms with Crippen LogP contribution in [-0.4, -0.2) is 20.9 Å². The first-order chi connectivity index (χ1) is 15.3. The zero-order valence-electron chi connectivity index (χ0n) is 18.3. The molecule has 6 nitrogen and oxygen atoms in total. The number of para-hydroxylation sites is 1. The van der Waals surface area contributed by atoms with Gasteiger partial charge in [-0.1, -0.05) is 60.7 Å². The minimum Gasteiger partial charge on any atom is -0.489 e. The van der Waals surface area contributed by atoms with Crippen molar-refractivity contribution in [2.75, 3.05) is 6.54 Å². The van der Waals surface area contributed by atoms with Gasteiger partial charge in [-0.2, -0.15) is 0 Å². The second kappa shape index (κ2) is 10.9. The lowest BCUT2D eigenvalue weighted by Crippen LogP contribution is -2.31. The fourth-order valence-corrected chi connectivity index (χ4v) is 4.54. The number of aryl methyl sites for hydroxylation is 2. The van der Waals surface area contributed by atoms with Gasteiger partial charge in [0.1, 0.15) is 12.4 Å². The summed E-state index contributed by atoms with van der Waals surface area (Å²) < 4.78 is 33.5. The normalized spacial score (nSPS) is 11.2. The molecule has 0 atom stereocenters. The van der Waals surface area contributed by atoms with Crippen LogP contribution in [0.2, 0.25) is 0 Å². The van der Waals surface area contributed by atoms with E-state index in [1.165, 1.54) is 0 Å². The van der Waals surface area contributed by atoms with Crippen LogP contribution in [0.15, 0.2) is 77.7 Å². The summed E-state index contributed by atoms with van der Waals surface area (Å²) >= 11 is 0. The lowest BCUT2D eigenvalue weighted by atomic mass is 10.2. The second-order valence-electron chi connectivity index (χ2n) is 7.58. The Morgan fingerprint density at radius 3 is 2.44 bits per heavy atom. The molecule has 1 amide bonds. The van der Waals surface area contributed by atoms with E-state index < -0.39 is 10.0 Å². The first kappa shape index (κ1) is 23.5. The van der Waals surface area contributed by atoms with Crippen molar-refractivity contribution in [3.05, 3.63) is 95.1 Å². The maximum absolute atomic E-state index is 12.5. The molecule has 3 aromatic rings. The van der Waals surface area contributed by atoms with Gasteiger partial charge in [0.15, 0.2) is 0 Å². The van der Waals surface area contributed by atoms with Crippen molar-refractivity contribution in [3.8, 4) is 5.75 Å². The minimum absolute atomic E-state index is 0.0215. The molecule has 3 aromatic carbocycles. The summed E-state index contributed by atoms with van der Waals surface area (Å²) in [7, 11) is -3.67. The molecule has 0 aromatic heterocycles. The van der Waals surface area contributed by atoms with Crippen molar-refractivity contribution in [1.29, 1.82) is 0 Å². The van der Waals surface area contributed by atoms with Gasteiger partial charge >= 0.3 is 0 Å². The third-order valence-electron chi connectivity index (χ3n) is 4.96. The fourth-order valence-electron chi connectivity index (χ4n) is 3.18. The highest BCUT2D eigenvalue weighted by molar-refractivity contribution is 7.89. The van der Waals surface area contributed by atoms with E-state index >= 15 is 0 Å². The highest BCUT2D eigenvalue weighted by atomic mass is 32.2. The zero-order chi connectivity index (χ0) is 23.0. The van der Waals surface area contributed by atoms with Crippen molar-refractivity contribution < 1.29 is 17.9 Å². The van der Waals surface area contributed by atoms with E-state index in [0.717, 1.165) is 16.7 Å². The monoisotopic (exact) mass is 452 g/mol. The number of benzene rings is 3. The van der Waals surface area contributed by atoms with Gasteiger partial charge in [0.05, 0.1) is 4.90 Å². The molecule has 0 saturated heterocycles. The molecular weight excluding hydrogens is 424 g/mol. The van der Waals surface area contributed by atoms with E-state index in [9.17, 15) is 13.2 Å². The summed E-state index contributed by atoms with van der Waals surface area (Å²) in [6, 6.07) is 22.6. The molecule has 32 heavy (non-hydrogen) atoms. The average Bonchev–Trinajstić information content (AvgIpc) is 2.79. The molecule has 7 heteroatoms. The summed E-state index contributed by atoms with van der Waals surface area (Å²) in [4.78, 5) is 12.5. The molecule has 0 fully saturated rings. The van der Waals surface area contributed by atoms with Crippen molar-refractivity contribution >= 4 is 15.9 Å². The van der Waals surface area contributed by atoms with Gasteiger partial charge < -0.3 is 10.1 Å². The number of carbonyl (C=O) groups is 1. The number of nitrogens with one attached hydrogen (secondary N) is 2. The second-order valence-corrected chi connectivity index (χ2v) is 9.31. The molecule has 0 aliphatic rings. The molecule has 0 radical (unpaired) electrons. The topological polar surface area (TPSA) is 84.5 Å². The van der Waals surface area contributed by atoms with E-state index in [-0.39, 0.29) is 23.8 Å². The molecule has 0 aliphatic carbocycles. The van der Waals surface area contributed by atoms with Crippen molar-refractivity contribution in [2.45, 2.75) is 38.3 Å². The number of amides is 1. The highest BCUT2D eigenvalue weighted by Crippen LogP contribution is 2.19. The van der Waals surface area contributed by atoms with E-state index in [4.69, 9.17) is 4.74 Å². The van der Waals surface area contributed by atoms with Gasteiger partial charge in [-0.15, -0.1) is 0 Å². The predicted octanol–water partition coefficient (Wildman–Crippen LogP) is 3.87. The lowest BCUT2D eigenvalue weighted by molar-refractivity contribution is -0.121. The molecule has 0 unspecified atom stereocenters. The van der Waals surface area contributed by atoms with Crippen molar-refractivity contribution in [2.24, 2.45) is 0 Å². The summed E-state index contributed by atoms with van der Waals surface area (Å²) in [5.41, 5.74) is 3.44. The molecule has 0 saturated carbocycles. The van der Waals surface area contributed by atoms with Crippen LogP contribution in [0.25, 0.3) is 0 Å². The average molecular weight is 453 g/mol. The smallest absolute Gasteiger partial charge is 0.240 e. The van der Waals surface area contributed by atoms with Crippen LogP contribution in [0.5, 0.6) is 5.75 Å². The van der Waals surface area contributed by atoms with Crippen LogP contribution >= 0.6 is 0 Å². The molecule has 0 heterocycles. The number of ether oxygens (including phenoxy) is 1. The number of sulfonamides is 1. The lowest BCUT2D eigenvalue weighted by Gasteiger charge is -2.13. The number of carbonyl (C=O) groups excluding carboxylic acids is 1. The maximum atomic E-state index is 12.5. The molecule has 0 spiro atoms. The van der Waals surface area contributed by atoms with Gasteiger partial charge in [-0.3, -0.25) is 4.79 Å². The van der Waals surface area contributed by atoms with E-state index in [2.05, 4.69) is 10.0 Å². The van der Waals surface area contributed by atoms with E-state index in [0.29, 0.717) is 24.5 Å². The number of hydrogen-bond acceptors (Lipinski definition) is 4. The molecular formula is C25H28N2O4S. The summed E-state index contributed by atoms with van der Waals surface area (Å²) in [6.07, 6.45) is 0.0388. The van der Waals surface area contributed by atoms with E-state index in [1.807, 2.05) is 67.6 Å². The quantitative estimate of drug-likeness (QED) is 0.489. The largest absolute Gasteiger partial charge is 0.489 e. The van der Waals surface area contributed by atoms with Gasteiger partial charge in [-0.25, -0.2) is 13.1 Å². The molecule has 3 rings (SSSR count). The third-order valence-corrected chi connectivity index (χ3v) is 6.57. The molecule has 2 N–H and O–H groups in total.